The summed E-state index contributed by atoms with van der Waals surface area (Å²) in [5.74, 6) is -0.757. The minimum Gasteiger partial charge on any atom is -0.496 e. The molecule has 2 atom stereocenters. The quantitative estimate of drug-likeness (QED) is 0.798. The molecule has 0 aliphatic heterocycles. The van der Waals surface area contributed by atoms with Crippen LogP contribution >= 0.6 is 0 Å². The largest absolute Gasteiger partial charge is 0.496 e. The maximum atomic E-state index is 12.3. The zero-order chi connectivity index (χ0) is 18.4. The minimum atomic E-state index is -0.873. The van der Waals surface area contributed by atoms with Crippen LogP contribution in [-0.4, -0.2) is 24.1 Å². The summed E-state index contributed by atoms with van der Waals surface area (Å²) in [7, 11) is 1.62. The third-order valence-corrected chi connectivity index (χ3v) is 4.23. The van der Waals surface area contributed by atoms with Crippen LogP contribution in [0, 0.1) is 0 Å². The normalized spacial score (nSPS) is 12.9. The second kappa shape index (κ2) is 8.33. The Bertz CT molecular complexity index is 740. The van der Waals surface area contributed by atoms with Crippen LogP contribution in [0.25, 0.3) is 0 Å². The van der Waals surface area contributed by atoms with Gasteiger partial charge in [0, 0.05) is 12.1 Å². The lowest BCUT2D eigenvalue weighted by molar-refractivity contribution is -0.138. The number of para-hydroxylation sites is 1. The molecule has 2 aromatic carbocycles. The van der Waals surface area contributed by atoms with Crippen molar-refractivity contribution >= 4 is 17.6 Å². The highest BCUT2D eigenvalue weighted by atomic mass is 16.5. The smallest absolute Gasteiger partial charge is 0.310 e. The van der Waals surface area contributed by atoms with Crippen molar-refractivity contribution in [3.05, 3.63) is 59.7 Å². The predicted octanol–water partition coefficient (Wildman–Crippen LogP) is 4.02. The molecule has 25 heavy (non-hydrogen) atoms. The minimum absolute atomic E-state index is 0.0162. The van der Waals surface area contributed by atoms with E-state index in [-0.39, 0.29) is 11.8 Å². The molecule has 5 heteroatoms. The fraction of sp³-hybridized carbons (Fsp3) is 0.300. The highest BCUT2D eigenvalue weighted by Crippen LogP contribution is 2.28. The Balaban J connectivity index is 1.99. The molecule has 0 saturated heterocycles. The van der Waals surface area contributed by atoms with Crippen molar-refractivity contribution in [1.82, 2.24) is 0 Å². The van der Waals surface area contributed by atoms with Crippen LogP contribution in [0.4, 0.5) is 5.69 Å². The molecule has 0 fully saturated rings. The van der Waals surface area contributed by atoms with Crippen molar-refractivity contribution in [2.24, 2.45) is 0 Å². The van der Waals surface area contributed by atoms with Gasteiger partial charge >= 0.3 is 5.97 Å². The van der Waals surface area contributed by atoms with Crippen LogP contribution in [-0.2, 0) is 9.59 Å². The standard InChI is InChI=1S/C20H23NO4/c1-13(17-6-4-5-7-18(17)25-3)12-19(22)21-16-10-8-15(9-11-16)14(2)20(23)24/h4-11,13-14H,12H2,1-3H3,(H,21,22)(H,23,24). The molecule has 0 spiro atoms. The Kier molecular flexibility index (Phi) is 6.17. The van der Waals surface area contributed by atoms with Crippen LogP contribution < -0.4 is 10.1 Å². The van der Waals surface area contributed by atoms with Crippen LogP contribution in [0.3, 0.4) is 0 Å². The molecule has 0 radical (unpaired) electrons. The first-order valence-electron chi connectivity index (χ1n) is 8.18. The molecule has 0 bridgehead atoms. The molecule has 5 nitrogen and oxygen atoms in total. The van der Waals surface area contributed by atoms with Gasteiger partial charge in [-0.1, -0.05) is 37.3 Å². The van der Waals surface area contributed by atoms with Crippen molar-refractivity contribution in [2.45, 2.75) is 32.1 Å². The Morgan fingerprint density at radius 3 is 2.32 bits per heavy atom. The van der Waals surface area contributed by atoms with Crippen LogP contribution in [0.15, 0.2) is 48.5 Å². The summed E-state index contributed by atoms with van der Waals surface area (Å²) < 4.78 is 5.34. The molecular weight excluding hydrogens is 318 g/mol. The van der Waals surface area contributed by atoms with Gasteiger partial charge in [0.05, 0.1) is 13.0 Å². The van der Waals surface area contributed by atoms with Crippen molar-refractivity contribution in [1.29, 1.82) is 0 Å². The van der Waals surface area contributed by atoms with E-state index in [9.17, 15) is 9.59 Å². The fourth-order valence-corrected chi connectivity index (χ4v) is 2.67. The van der Waals surface area contributed by atoms with Gasteiger partial charge in [0.25, 0.3) is 0 Å². The number of nitrogens with one attached hydrogen (secondary N) is 1. The topological polar surface area (TPSA) is 75.6 Å². The summed E-state index contributed by atoms with van der Waals surface area (Å²) in [6.07, 6.45) is 0.327. The second-order valence-electron chi connectivity index (χ2n) is 6.08. The third kappa shape index (κ3) is 4.83. The highest BCUT2D eigenvalue weighted by Gasteiger charge is 2.16. The summed E-state index contributed by atoms with van der Waals surface area (Å²) in [4.78, 5) is 23.3. The molecule has 2 rings (SSSR count). The molecule has 0 aliphatic rings. The van der Waals surface area contributed by atoms with Gasteiger partial charge in [-0.15, -0.1) is 0 Å². The maximum absolute atomic E-state index is 12.3. The van der Waals surface area contributed by atoms with Crippen molar-refractivity contribution < 1.29 is 19.4 Å². The Labute approximate surface area is 147 Å². The number of aliphatic carboxylic acids is 1. The molecule has 2 aromatic rings. The highest BCUT2D eigenvalue weighted by molar-refractivity contribution is 5.91. The van der Waals surface area contributed by atoms with Gasteiger partial charge in [-0.05, 0) is 42.2 Å². The summed E-state index contributed by atoms with van der Waals surface area (Å²) in [6, 6.07) is 14.5. The monoisotopic (exact) mass is 341 g/mol. The van der Waals surface area contributed by atoms with E-state index in [4.69, 9.17) is 9.84 Å². The maximum Gasteiger partial charge on any atom is 0.310 e. The number of carbonyl (C=O) groups excluding carboxylic acids is 1. The molecule has 2 N–H and O–H groups in total. The van der Waals surface area contributed by atoms with Gasteiger partial charge in [0.15, 0.2) is 0 Å². The average molecular weight is 341 g/mol. The Hall–Kier alpha value is -2.82. The number of carboxylic acids is 1. The number of carboxylic acid groups (broad SMARTS) is 1. The molecule has 0 aliphatic carbocycles. The number of amides is 1. The number of hydrogen-bond acceptors (Lipinski definition) is 3. The van der Waals surface area contributed by atoms with E-state index in [2.05, 4.69) is 5.32 Å². The first-order valence-corrected chi connectivity index (χ1v) is 8.18. The zero-order valence-corrected chi connectivity index (χ0v) is 14.7. The van der Waals surface area contributed by atoms with E-state index in [1.807, 2.05) is 31.2 Å². The number of benzene rings is 2. The van der Waals surface area contributed by atoms with Gasteiger partial charge in [-0.2, -0.15) is 0 Å². The fourth-order valence-electron chi connectivity index (χ4n) is 2.67. The molecule has 0 aromatic heterocycles. The number of rotatable bonds is 7. The van der Waals surface area contributed by atoms with Crippen molar-refractivity contribution in [2.75, 3.05) is 12.4 Å². The van der Waals surface area contributed by atoms with Gasteiger partial charge in [-0.25, -0.2) is 0 Å². The van der Waals surface area contributed by atoms with Gasteiger partial charge in [0.2, 0.25) is 5.91 Å². The number of carbonyl (C=O) groups is 2. The predicted molar refractivity (Wildman–Crippen MR) is 97.1 cm³/mol. The van der Waals surface area contributed by atoms with Crippen molar-refractivity contribution in [3.63, 3.8) is 0 Å². The molecular formula is C20H23NO4. The lowest BCUT2D eigenvalue weighted by Crippen LogP contribution is -2.15. The van der Waals surface area contributed by atoms with E-state index in [1.165, 1.54) is 0 Å². The number of ether oxygens (including phenoxy) is 1. The first kappa shape index (κ1) is 18.5. The summed E-state index contributed by atoms with van der Waals surface area (Å²) in [5.41, 5.74) is 2.34. The number of methoxy groups -OCH3 is 1. The van der Waals surface area contributed by atoms with Crippen LogP contribution in [0.1, 0.15) is 43.2 Å². The van der Waals surface area contributed by atoms with Crippen molar-refractivity contribution in [3.8, 4) is 5.75 Å². The van der Waals surface area contributed by atoms with E-state index in [0.717, 1.165) is 11.3 Å². The lowest BCUT2D eigenvalue weighted by atomic mass is 9.96. The number of anilines is 1. The zero-order valence-electron chi connectivity index (χ0n) is 14.7. The second-order valence-corrected chi connectivity index (χ2v) is 6.08. The summed E-state index contributed by atoms with van der Waals surface area (Å²) in [5, 5.41) is 11.9. The molecule has 1 amide bonds. The van der Waals surface area contributed by atoms with Crippen LogP contribution in [0.2, 0.25) is 0 Å². The van der Waals surface area contributed by atoms with E-state index in [0.29, 0.717) is 17.7 Å². The third-order valence-electron chi connectivity index (χ3n) is 4.23. The first-order chi connectivity index (χ1) is 11.9. The molecule has 132 valence electrons. The van der Waals surface area contributed by atoms with E-state index < -0.39 is 11.9 Å². The summed E-state index contributed by atoms with van der Waals surface area (Å²) >= 11 is 0. The summed E-state index contributed by atoms with van der Waals surface area (Å²) in [6.45, 7) is 3.61. The molecule has 0 heterocycles. The lowest BCUT2D eigenvalue weighted by Gasteiger charge is -2.15. The molecule has 2 unspecified atom stereocenters. The van der Waals surface area contributed by atoms with Gasteiger partial charge in [0.1, 0.15) is 5.75 Å². The van der Waals surface area contributed by atoms with Crippen LogP contribution in [0.5, 0.6) is 5.75 Å². The van der Waals surface area contributed by atoms with Gasteiger partial charge < -0.3 is 15.2 Å². The Morgan fingerprint density at radius 1 is 1.08 bits per heavy atom. The molecule has 0 saturated carbocycles. The Morgan fingerprint density at radius 2 is 1.72 bits per heavy atom. The van der Waals surface area contributed by atoms with Gasteiger partial charge in [-0.3, -0.25) is 9.59 Å². The van der Waals surface area contributed by atoms with E-state index >= 15 is 0 Å². The average Bonchev–Trinajstić information content (AvgIpc) is 2.61. The SMILES string of the molecule is COc1ccccc1C(C)CC(=O)Nc1ccc(C(C)C(=O)O)cc1. The number of hydrogen-bond donors (Lipinski definition) is 2. The van der Waals surface area contributed by atoms with E-state index in [1.54, 1.807) is 38.3 Å².